The van der Waals surface area contributed by atoms with Crippen molar-refractivity contribution in [2.24, 2.45) is 5.84 Å². The second-order valence-corrected chi connectivity index (χ2v) is 6.46. The van der Waals surface area contributed by atoms with Crippen LogP contribution in [-0.2, 0) is 14.8 Å². The summed E-state index contributed by atoms with van der Waals surface area (Å²) in [6.45, 7) is 2.68. The second kappa shape index (κ2) is 7.15. The Hall–Kier alpha value is -0.740. The Kier molecular flexibility index (Phi) is 6.14. The molecule has 0 aliphatic rings. The van der Waals surface area contributed by atoms with E-state index in [1.54, 1.807) is 6.92 Å². The molecule has 0 saturated carbocycles. The third-order valence-corrected chi connectivity index (χ3v) is 4.89. The fraction of sp³-hybridized carbons (Fsp3) is 0.500. The van der Waals surface area contributed by atoms with Crippen molar-refractivity contribution in [3.8, 4) is 0 Å². The number of hydrogen-bond acceptors (Lipinski definition) is 6. The minimum Gasteiger partial charge on any atom is -0.383 e. The third kappa shape index (κ3) is 3.86. The Balaban J connectivity index is 3.20. The number of hydrogen-bond donors (Lipinski definition) is 2. The molecule has 0 unspecified atom stereocenters. The number of rotatable bonds is 7. The summed E-state index contributed by atoms with van der Waals surface area (Å²) in [4.78, 5) is 3.97. The van der Waals surface area contributed by atoms with Gasteiger partial charge in [0.1, 0.15) is 4.90 Å². The molecule has 0 radical (unpaired) electrons. The van der Waals surface area contributed by atoms with Crippen LogP contribution >= 0.6 is 15.9 Å². The Morgan fingerprint density at radius 3 is 2.79 bits per heavy atom. The number of nitrogens with zero attached hydrogens (tertiary/aromatic N) is 2. The maximum absolute atomic E-state index is 12.5. The van der Waals surface area contributed by atoms with Crippen LogP contribution in [0.3, 0.4) is 0 Å². The lowest BCUT2D eigenvalue weighted by Crippen LogP contribution is -2.34. The van der Waals surface area contributed by atoms with Gasteiger partial charge in [-0.25, -0.2) is 19.2 Å². The van der Waals surface area contributed by atoms with E-state index in [4.69, 9.17) is 10.6 Å². The van der Waals surface area contributed by atoms with Crippen LogP contribution in [0.4, 0.5) is 5.82 Å². The smallest absolute Gasteiger partial charge is 0.246 e. The molecule has 1 aromatic heterocycles. The monoisotopic (exact) mass is 352 g/mol. The van der Waals surface area contributed by atoms with E-state index in [-0.39, 0.29) is 17.3 Å². The van der Waals surface area contributed by atoms with Crippen molar-refractivity contribution in [1.82, 2.24) is 9.29 Å². The first-order valence-corrected chi connectivity index (χ1v) is 7.82. The SMILES string of the molecule is CCN(CCOC)S(=O)(=O)c1cc(Br)cnc1NN. The molecule has 0 spiro atoms. The van der Waals surface area contributed by atoms with E-state index in [0.29, 0.717) is 17.6 Å². The van der Waals surface area contributed by atoms with Gasteiger partial charge in [0, 0.05) is 30.9 Å². The van der Waals surface area contributed by atoms with E-state index >= 15 is 0 Å². The first-order chi connectivity index (χ1) is 8.97. The number of nitrogen functional groups attached to an aromatic ring is 1. The van der Waals surface area contributed by atoms with E-state index in [1.807, 2.05) is 0 Å². The van der Waals surface area contributed by atoms with Crippen LogP contribution in [-0.4, -0.2) is 44.5 Å². The van der Waals surface area contributed by atoms with Crippen molar-refractivity contribution in [3.63, 3.8) is 0 Å². The lowest BCUT2D eigenvalue weighted by atomic mass is 10.5. The predicted octanol–water partition coefficient (Wildman–Crippen LogP) is 0.787. The first kappa shape index (κ1) is 16.3. The fourth-order valence-electron chi connectivity index (χ4n) is 1.51. The van der Waals surface area contributed by atoms with Crippen LogP contribution in [0.15, 0.2) is 21.6 Å². The van der Waals surface area contributed by atoms with Crippen LogP contribution in [0.1, 0.15) is 6.92 Å². The number of likely N-dealkylation sites (N-methyl/N-ethyl adjacent to an activating group) is 1. The molecule has 1 rings (SSSR count). The highest BCUT2D eigenvalue weighted by atomic mass is 79.9. The number of nitrogens with two attached hydrogens (primary N) is 1. The summed E-state index contributed by atoms with van der Waals surface area (Å²) >= 11 is 3.20. The molecule has 0 fully saturated rings. The molecule has 19 heavy (non-hydrogen) atoms. The van der Waals surface area contributed by atoms with Crippen molar-refractivity contribution in [3.05, 3.63) is 16.7 Å². The number of methoxy groups -OCH3 is 1. The Labute approximate surface area is 121 Å². The summed E-state index contributed by atoms with van der Waals surface area (Å²) in [6.07, 6.45) is 1.47. The van der Waals surface area contributed by atoms with Crippen molar-refractivity contribution in [1.29, 1.82) is 0 Å². The summed E-state index contributed by atoms with van der Waals surface area (Å²) in [5, 5.41) is 0. The molecule has 0 aromatic carbocycles. The number of anilines is 1. The summed E-state index contributed by atoms with van der Waals surface area (Å²) in [5.74, 6) is 5.41. The molecule has 108 valence electrons. The van der Waals surface area contributed by atoms with Crippen molar-refractivity contribution < 1.29 is 13.2 Å². The molecule has 7 nitrogen and oxygen atoms in total. The van der Waals surface area contributed by atoms with Gasteiger partial charge in [0.15, 0.2) is 5.82 Å². The zero-order chi connectivity index (χ0) is 14.5. The van der Waals surface area contributed by atoms with Crippen LogP contribution in [0.2, 0.25) is 0 Å². The van der Waals surface area contributed by atoms with Crippen LogP contribution in [0.25, 0.3) is 0 Å². The number of nitrogens with one attached hydrogen (secondary N) is 1. The molecular weight excluding hydrogens is 336 g/mol. The maximum atomic E-state index is 12.5. The van der Waals surface area contributed by atoms with E-state index < -0.39 is 10.0 Å². The Morgan fingerprint density at radius 2 is 2.26 bits per heavy atom. The highest BCUT2D eigenvalue weighted by molar-refractivity contribution is 9.10. The van der Waals surface area contributed by atoms with Gasteiger partial charge in [0.05, 0.1) is 6.61 Å². The Morgan fingerprint density at radius 1 is 1.58 bits per heavy atom. The summed E-state index contributed by atoms with van der Waals surface area (Å²) < 4.78 is 31.8. The molecule has 0 aliphatic heterocycles. The summed E-state index contributed by atoms with van der Waals surface area (Å²) in [7, 11) is -2.15. The lowest BCUT2D eigenvalue weighted by molar-refractivity contribution is 0.180. The number of sulfonamides is 1. The molecule has 0 saturated heterocycles. The molecule has 9 heteroatoms. The third-order valence-electron chi connectivity index (χ3n) is 2.47. The fourth-order valence-corrected chi connectivity index (χ4v) is 3.55. The topological polar surface area (TPSA) is 97.5 Å². The van der Waals surface area contributed by atoms with E-state index in [0.717, 1.165) is 0 Å². The molecular formula is C10H17BrN4O3S. The van der Waals surface area contributed by atoms with E-state index in [9.17, 15) is 8.42 Å². The lowest BCUT2D eigenvalue weighted by Gasteiger charge is -2.21. The van der Waals surface area contributed by atoms with Crippen molar-refractivity contribution >= 4 is 31.8 Å². The molecule has 1 heterocycles. The minimum absolute atomic E-state index is 0.0299. The maximum Gasteiger partial charge on any atom is 0.246 e. The van der Waals surface area contributed by atoms with Gasteiger partial charge in [0.25, 0.3) is 0 Å². The normalized spacial score (nSPS) is 11.8. The van der Waals surface area contributed by atoms with E-state index in [2.05, 4.69) is 26.3 Å². The molecule has 0 amide bonds. The number of halogens is 1. The van der Waals surface area contributed by atoms with Crippen LogP contribution in [0.5, 0.6) is 0 Å². The van der Waals surface area contributed by atoms with Gasteiger partial charge in [0.2, 0.25) is 10.0 Å². The average molecular weight is 353 g/mol. The molecule has 3 N–H and O–H groups in total. The van der Waals surface area contributed by atoms with E-state index in [1.165, 1.54) is 23.7 Å². The molecule has 1 aromatic rings. The van der Waals surface area contributed by atoms with Gasteiger partial charge in [-0.3, -0.25) is 0 Å². The highest BCUT2D eigenvalue weighted by Crippen LogP contribution is 2.25. The zero-order valence-corrected chi connectivity index (χ0v) is 13.2. The number of hydrazine groups is 1. The van der Waals surface area contributed by atoms with Gasteiger partial charge in [-0.05, 0) is 22.0 Å². The minimum atomic E-state index is -3.67. The quantitative estimate of drug-likeness (QED) is 0.556. The predicted molar refractivity (Wildman–Crippen MR) is 76.1 cm³/mol. The zero-order valence-electron chi connectivity index (χ0n) is 10.8. The summed E-state index contributed by atoms with van der Waals surface area (Å²) in [6, 6.07) is 1.47. The van der Waals surface area contributed by atoms with Crippen LogP contribution < -0.4 is 11.3 Å². The molecule has 0 bridgehead atoms. The number of pyridine rings is 1. The van der Waals surface area contributed by atoms with Crippen molar-refractivity contribution in [2.45, 2.75) is 11.8 Å². The molecule has 0 atom stereocenters. The van der Waals surface area contributed by atoms with Gasteiger partial charge < -0.3 is 10.2 Å². The average Bonchev–Trinajstić information content (AvgIpc) is 2.39. The standard InChI is InChI=1S/C10H17BrN4O3S/c1-3-15(4-5-18-2)19(16,17)9-6-8(11)7-13-10(9)14-12/h6-7H,3-5,12H2,1-2H3,(H,13,14). The first-order valence-electron chi connectivity index (χ1n) is 5.58. The van der Waals surface area contributed by atoms with Gasteiger partial charge >= 0.3 is 0 Å². The van der Waals surface area contributed by atoms with Crippen LogP contribution in [0, 0.1) is 0 Å². The summed E-state index contributed by atoms with van der Waals surface area (Å²) in [5.41, 5.74) is 2.29. The van der Waals surface area contributed by atoms with Gasteiger partial charge in [-0.2, -0.15) is 4.31 Å². The van der Waals surface area contributed by atoms with Gasteiger partial charge in [-0.15, -0.1) is 0 Å². The molecule has 0 aliphatic carbocycles. The number of aromatic nitrogens is 1. The largest absolute Gasteiger partial charge is 0.383 e. The highest BCUT2D eigenvalue weighted by Gasteiger charge is 2.26. The number of ether oxygens (including phenoxy) is 1. The van der Waals surface area contributed by atoms with Crippen molar-refractivity contribution in [2.75, 3.05) is 32.2 Å². The van der Waals surface area contributed by atoms with Gasteiger partial charge in [-0.1, -0.05) is 6.92 Å². The Bertz CT molecular complexity index is 524. The second-order valence-electron chi connectivity index (χ2n) is 3.63.